The van der Waals surface area contributed by atoms with Crippen molar-refractivity contribution in [1.29, 1.82) is 0 Å². The summed E-state index contributed by atoms with van der Waals surface area (Å²) in [6, 6.07) is 9.86. The van der Waals surface area contributed by atoms with Crippen LogP contribution >= 0.6 is 0 Å². The lowest BCUT2D eigenvalue weighted by Crippen LogP contribution is -2.44. The van der Waals surface area contributed by atoms with Crippen LogP contribution in [-0.4, -0.2) is 32.0 Å². The van der Waals surface area contributed by atoms with Gasteiger partial charge in [-0.05, 0) is 48.7 Å². The third-order valence-electron chi connectivity index (χ3n) is 4.75. The number of aryl methyl sites for hydroxylation is 1. The first kappa shape index (κ1) is 22.6. The number of ether oxygens (including phenoxy) is 1. The minimum atomic E-state index is -4.05. The lowest BCUT2D eigenvalue weighted by atomic mass is 10.0. The van der Waals surface area contributed by atoms with Gasteiger partial charge in [0.2, 0.25) is 15.9 Å². The van der Waals surface area contributed by atoms with Gasteiger partial charge in [-0.1, -0.05) is 13.8 Å². The molecule has 31 heavy (non-hydrogen) atoms. The van der Waals surface area contributed by atoms with Crippen LogP contribution in [0.2, 0.25) is 0 Å². The molecule has 0 saturated heterocycles. The van der Waals surface area contributed by atoms with Crippen LogP contribution in [-0.2, 0) is 21.9 Å². The van der Waals surface area contributed by atoms with Crippen molar-refractivity contribution in [3.05, 3.63) is 53.0 Å². The summed E-state index contributed by atoms with van der Waals surface area (Å²) in [4.78, 5) is 24.4. The molecule has 3 aromatic rings. The standard InChI is InChI=1S/C21H25N3O6S/c1-13(2)11-17(20(25)22-14-5-7-15(29-4)8-6-14)23-31(27,28)16-9-10-18-19(12-16)30-21(26)24(18)3/h5-10,12-13,17,23H,11H2,1-4H3,(H,22,25)/t17-/m0/s1. The number of anilines is 1. The Kier molecular flexibility index (Phi) is 6.51. The lowest BCUT2D eigenvalue weighted by Gasteiger charge is -2.20. The van der Waals surface area contributed by atoms with Crippen LogP contribution in [0.3, 0.4) is 0 Å². The van der Waals surface area contributed by atoms with Crippen molar-refractivity contribution in [3.8, 4) is 5.75 Å². The van der Waals surface area contributed by atoms with Gasteiger partial charge in [-0.3, -0.25) is 9.36 Å². The molecule has 3 rings (SSSR count). The van der Waals surface area contributed by atoms with Crippen molar-refractivity contribution >= 4 is 32.7 Å². The number of fused-ring (bicyclic) bond motifs is 1. The predicted octanol–water partition coefficient (Wildman–Crippen LogP) is 2.47. The number of nitrogens with one attached hydrogen (secondary N) is 2. The highest BCUT2D eigenvalue weighted by atomic mass is 32.2. The lowest BCUT2D eigenvalue weighted by molar-refractivity contribution is -0.118. The van der Waals surface area contributed by atoms with E-state index in [-0.39, 0.29) is 16.4 Å². The van der Waals surface area contributed by atoms with Crippen LogP contribution in [0, 0.1) is 5.92 Å². The maximum Gasteiger partial charge on any atom is 0.419 e. The van der Waals surface area contributed by atoms with E-state index < -0.39 is 27.7 Å². The van der Waals surface area contributed by atoms with Gasteiger partial charge in [-0.2, -0.15) is 4.72 Å². The van der Waals surface area contributed by atoms with Crippen molar-refractivity contribution in [2.45, 2.75) is 31.2 Å². The third-order valence-corrected chi connectivity index (χ3v) is 6.22. The third kappa shape index (κ3) is 5.15. The zero-order valence-corrected chi connectivity index (χ0v) is 18.5. The smallest absolute Gasteiger partial charge is 0.419 e. The van der Waals surface area contributed by atoms with Crippen LogP contribution in [0.5, 0.6) is 5.75 Å². The number of aromatic nitrogens is 1. The van der Waals surface area contributed by atoms with Gasteiger partial charge in [0, 0.05) is 18.8 Å². The summed E-state index contributed by atoms with van der Waals surface area (Å²) in [5.41, 5.74) is 1.14. The predicted molar refractivity (Wildman–Crippen MR) is 117 cm³/mol. The van der Waals surface area contributed by atoms with Gasteiger partial charge in [0.05, 0.1) is 17.5 Å². The summed E-state index contributed by atoms with van der Waals surface area (Å²) < 4.78 is 39.9. The average Bonchev–Trinajstić information content (AvgIpc) is 3.00. The quantitative estimate of drug-likeness (QED) is 0.547. The molecule has 1 atom stereocenters. The first-order valence-electron chi connectivity index (χ1n) is 9.67. The first-order chi connectivity index (χ1) is 14.6. The number of oxazole rings is 1. The maximum atomic E-state index is 13.0. The van der Waals surface area contributed by atoms with E-state index in [2.05, 4.69) is 10.0 Å². The average molecular weight is 448 g/mol. The van der Waals surface area contributed by atoms with Gasteiger partial charge < -0.3 is 14.5 Å². The number of benzene rings is 2. The van der Waals surface area contributed by atoms with Crippen molar-refractivity contribution < 1.29 is 22.4 Å². The highest BCUT2D eigenvalue weighted by Crippen LogP contribution is 2.20. The van der Waals surface area contributed by atoms with E-state index in [1.807, 2.05) is 13.8 Å². The summed E-state index contributed by atoms with van der Waals surface area (Å²) in [6.45, 7) is 3.79. The molecule has 0 saturated carbocycles. The van der Waals surface area contributed by atoms with Crippen molar-refractivity contribution in [1.82, 2.24) is 9.29 Å². The maximum absolute atomic E-state index is 13.0. The largest absolute Gasteiger partial charge is 0.497 e. The van der Waals surface area contributed by atoms with E-state index in [1.165, 1.54) is 29.8 Å². The SMILES string of the molecule is COc1ccc(NC(=O)[C@H](CC(C)C)NS(=O)(=O)c2ccc3c(c2)oc(=O)n3C)cc1. The number of methoxy groups -OCH3 is 1. The summed E-state index contributed by atoms with van der Waals surface area (Å²) in [5.74, 6) is -0.367. The number of sulfonamides is 1. The Hall–Kier alpha value is -3.11. The second-order valence-electron chi connectivity index (χ2n) is 7.58. The van der Waals surface area contributed by atoms with E-state index in [4.69, 9.17) is 9.15 Å². The Labute approximate surface area is 180 Å². The number of carbonyl (C=O) groups is 1. The molecule has 2 aromatic carbocycles. The van der Waals surface area contributed by atoms with E-state index in [0.717, 1.165) is 0 Å². The molecule has 1 heterocycles. The number of rotatable bonds is 8. The normalized spacial score (nSPS) is 12.8. The number of amides is 1. The fourth-order valence-corrected chi connectivity index (χ4v) is 4.34. The van der Waals surface area contributed by atoms with Crippen LogP contribution in [0.15, 0.2) is 56.6 Å². The molecule has 0 spiro atoms. The van der Waals surface area contributed by atoms with Gasteiger partial charge in [0.25, 0.3) is 0 Å². The van der Waals surface area contributed by atoms with Crippen molar-refractivity contribution in [2.75, 3.05) is 12.4 Å². The molecule has 0 aliphatic carbocycles. The molecule has 2 N–H and O–H groups in total. The second-order valence-corrected chi connectivity index (χ2v) is 9.29. The molecule has 9 nitrogen and oxygen atoms in total. The van der Waals surface area contributed by atoms with Gasteiger partial charge in [-0.15, -0.1) is 0 Å². The number of nitrogens with zero attached hydrogens (tertiary/aromatic N) is 1. The molecule has 0 bridgehead atoms. The first-order valence-corrected chi connectivity index (χ1v) is 11.2. The summed E-state index contributed by atoms with van der Waals surface area (Å²) in [7, 11) is -0.979. The summed E-state index contributed by atoms with van der Waals surface area (Å²) in [5, 5.41) is 2.73. The molecule has 10 heteroatoms. The number of hydrogen-bond donors (Lipinski definition) is 2. The highest BCUT2D eigenvalue weighted by Gasteiger charge is 2.27. The molecule has 0 aliphatic rings. The van der Waals surface area contributed by atoms with Crippen molar-refractivity contribution in [2.24, 2.45) is 13.0 Å². The van der Waals surface area contributed by atoms with Gasteiger partial charge in [0.15, 0.2) is 5.58 Å². The molecule has 0 aliphatic heterocycles. The topological polar surface area (TPSA) is 120 Å². The Morgan fingerprint density at radius 3 is 2.45 bits per heavy atom. The van der Waals surface area contributed by atoms with E-state index >= 15 is 0 Å². The molecule has 0 radical (unpaired) electrons. The summed E-state index contributed by atoms with van der Waals surface area (Å²) in [6.07, 6.45) is 0.296. The van der Waals surface area contributed by atoms with E-state index in [9.17, 15) is 18.0 Å². The Balaban J connectivity index is 1.84. The molecule has 1 amide bonds. The highest BCUT2D eigenvalue weighted by molar-refractivity contribution is 7.89. The Bertz CT molecular complexity index is 1240. The van der Waals surface area contributed by atoms with Gasteiger partial charge >= 0.3 is 5.76 Å². The zero-order chi connectivity index (χ0) is 22.8. The monoisotopic (exact) mass is 447 g/mol. The molecular formula is C21H25N3O6S. The van der Waals surface area contributed by atoms with Crippen LogP contribution in [0.25, 0.3) is 11.1 Å². The minimum Gasteiger partial charge on any atom is -0.497 e. The fraction of sp³-hybridized carbons (Fsp3) is 0.333. The fourth-order valence-electron chi connectivity index (χ4n) is 3.12. The number of hydrogen-bond acceptors (Lipinski definition) is 6. The minimum absolute atomic E-state index is 0.0592. The molecule has 0 fully saturated rings. The Morgan fingerprint density at radius 2 is 1.84 bits per heavy atom. The van der Waals surface area contributed by atoms with E-state index in [0.29, 0.717) is 23.4 Å². The molecule has 0 unspecified atom stereocenters. The van der Waals surface area contributed by atoms with Crippen LogP contribution in [0.1, 0.15) is 20.3 Å². The van der Waals surface area contributed by atoms with Gasteiger partial charge in [0.1, 0.15) is 11.8 Å². The zero-order valence-electron chi connectivity index (χ0n) is 17.7. The van der Waals surface area contributed by atoms with Crippen molar-refractivity contribution in [3.63, 3.8) is 0 Å². The summed E-state index contributed by atoms with van der Waals surface area (Å²) >= 11 is 0. The number of carbonyl (C=O) groups excluding carboxylic acids is 1. The van der Waals surface area contributed by atoms with Crippen LogP contribution in [0.4, 0.5) is 5.69 Å². The van der Waals surface area contributed by atoms with Gasteiger partial charge in [-0.25, -0.2) is 13.2 Å². The molecular weight excluding hydrogens is 422 g/mol. The van der Waals surface area contributed by atoms with Crippen LogP contribution < -0.4 is 20.5 Å². The van der Waals surface area contributed by atoms with E-state index in [1.54, 1.807) is 31.4 Å². The second kappa shape index (κ2) is 8.94. The molecule has 166 valence electrons. The Morgan fingerprint density at radius 1 is 1.16 bits per heavy atom. The molecule has 1 aromatic heterocycles.